The summed E-state index contributed by atoms with van der Waals surface area (Å²) in [5, 5.41) is 0. The highest BCUT2D eigenvalue weighted by Gasteiger charge is 2.30. The fourth-order valence-electron chi connectivity index (χ4n) is 2.62. The van der Waals surface area contributed by atoms with Crippen molar-refractivity contribution in [3.8, 4) is 11.1 Å². The van der Waals surface area contributed by atoms with Gasteiger partial charge in [-0.1, -0.05) is 48.5 Å². The predicted octanol–water partition coefficient (Wildman–Crippen LogP) is 4.26. The van der Waals surface area contributed by atoms with E-state index in [4.69, 9.17) is 4.74 Å². The molecule has 0 amide bonds. The standard InChI is InChI=1S/C18H13IO3/c1-2-22-18(21)16(19)15-13-9-5-3-7-11(13)12-8-4-6-10-14(12)17(15)20/h3-10H,2H2,1H3/b16-15-. The third-order valence-corrected chi connectivity index (χ3v) is 4.54. The first-order chi connectivity index (χ1) is 10.6. The molecule has 4 heteroatoms. The van der Waals surface area contributed by atoms with Gasteiger partial charge in [0, 0.05) is 5.56 Å². The first-order valence-electron chi connectivity index (χ1n) is 6.95. The molecule has 2 aromatic rings. The highest BCUT2D eigenvalue weighted by molar-refractivity contribution is 14.1. The summed E-state index contributed by atoms with van der Waals surface area (Å²) < 4.78 is 5.38. The summed E-state index contributed by atoms with van der Waals surface area (Å²) in [6, 6.07) is 15.1. The van der Waals surface area contributed by atoms with Crippen molar-refractivity contribution >= 4 is 39.9 Å². The third-order valence-electron chi connectivity index (χ3n) is 3.56. The fraction of sp³-hybridized carbons (Fsp3) is 0.111. The first kappa shape index (κ1) is 15.0. The Bertz CT molecular complexity index is 805. The van der Waals surface area contributed by atoms with Crippen molar-refractivity contribution < 1.29 is 14.3 Å². The van der Waals surface area contributed by atoms with Gasteiger partial charge in [0.1, 0.15) is 3.58 Å². The highest BCUT2D eigenvalue weighted by Crippen LogP contribution is 2.41. The van der Waals surface area contributed by atoms with Crippen LogP contribution < -0.4 is 0 Å². The molecule has 1 aliphatic carbocycles. The number of fused-ring (bicyclic) bond motifs is 3. The minimum absolute atomic E-state index is 0.133. The van der Waals surface area contributed by atoms with Gasteiger partial charge in [-0.2, -0.15) is 0 Å². The molecule has 0 fully saturated rings. The topological polar surface area (TPSA) is 43.4 Å². The average Bonchev–Trinajstić information content (AvgIpc) is 2.55. The van der Waals surface area contributed by atoms with Crippen molar-refractivity contribution in [3.63, 3.8) is 0 Å². The zero-order valence-corrected chi connectivity index (χ0v) is 14.1. The number of Topliss-reactive ketones (excluding diaryl/α,β-unsaturated/α-hetero) is 1. The number of carbonyl (C=O) groups excluding carboxylic acids is 2. The van der Waals surface area contributed by atoms with E-state index in [1.54, 1.807) is 13.0 Å². The monoisotopic (exact) mass is 404 g/mol. The van der Waals surface area contributed by atoms with Crippen LogP contribution in [-0.2, 0) is 9.53 Å². The molecule has 2 aromatic carbocycles. The van der Waals surface area contributed by atoms with Gasteiger partial charge in [-0.15, -0.1) is 0 Å². The smallest absolute Gasteiger partial charge is 0.345 e. The average molecular weight is 404 g/mol. The van der Waals surface area contributed by atoms with Gasteiger partial charge < -0.3 is 4.74 Å². The highest BCUT2D eigenvalue weighted by atomic mass is 127. The molecule has 1 aliphatic rings. The second-order valence-corrected chi connectivity index (χ2v) is 5.91. The molecular weight excluding hydrogens is 391 g/mol. The molecule has 3 rings (SSSR count). The van der Waals surface area contributed by atoms with E-state index in [-0.39, 0.29) is 12.4 Å². The second-order valence-electron chi connectivity index (χ2n) is 4.83. The van der Waals surface area contributed by atoms with Gasteiger partial charge in [-0.05, 0) is 46.2 Å². The summed E-state index contributed by atoms with van der Waals surface area (Å²) in [5.74, 6) is -0.590. The summed E-state index contributed by atoms with van der Waals surface area (Å²) >= 11 is 1.91. The van der Waals surface area contributed by atoms with Crippen LogP contribution in [0.5, 0.6) is 0 Å². The summed E-state index contributed by atoms with van der Waals surface area (Å²) in [7, 11) is 0. The van der Waals surface area contributed by atoms with E-state index in [9.17, 15) is 9.59 Å². The van der Waals surface area contributed by atoms with E-state index >= 15 is 0 Å². The lowest BCUT2D eigenvalue weighted by atomic mass is 9.81. The molecule has 3 nitrogen and oxygen atoms in total. The second kappa shape index (κ2) is 6.04. The number of rotatable bonds is 2. The molecule has 0 atom stereocenters. The normalized spacial score (nSPS) is 14.9. The lowest BCUT2D eigenvalue weighted by Gasteiger charge is -2.22. The minimum Gasteiger partial charge on any atom is -0.462 e. The zero-order chi connectivity index (χ0) is 15.7. The van der Waals surface area contributed by atoms with Crippen LogP contribution in [-0.4, -0.2) is 18.4 Å². The maximum absolute atomic E-state index is 12.9. The molecule has 0 saturated heterocycles. The van der Waals surface area contributed by atoms with E-state index < -0.39 is 5.97 Å². The lowest BCUT2D eigenvalue weighted by molar-refractivity contribution is -0.137. The van der Waals surface area contributed by atoms with Crippen molar-refractivity contribution in [1.82, 2.24) is 0 Å². The largest absolute Gasteiger partial charge is 0.462 e. The maximum atomic E-state index is 12.9. The Morgan fingerprint density at radius 3 is 2.05 bits per heavy atom. The van der Waals surface area contributed by atoms with Crippen molar-refractivity contribution in [1.29, 1.82) is 0 Å². The van der Waals surface area contributed by atoms with Crippen LogP contribution in [0, 0.1) is 0 Å². The predicted molar refractivity (Wildman–Crippen MR) is 93.8 cm³/mol. The Kier molecular flexibility index (Phi) is 4.11. The van der Waals surface area contributed by atoms with E-state index in [0.717, 1.165) is 16.7 Å². The molecule has 0 heterocycles. The molecule has 0 aliphatic heterocycles. The molecule has 0 spiro atoms. The van der Waals surface area contributed by atoms with Gasteiger partial charge in [0.05, 0.1) is 12.2 Å². The number of hydrogen-bond donors (Lipinski definition) is 0. The van der Waals surface area contributed by atoms with Crippen LogP contribution in [0.1, 0.15) is 22.8 Å². The molecule has 22 heavy (non-hydrogen) atoms. The van der Waals surface area contributed by atoms with E-state index in [0.29, 0.717) is 14.7 Å². The Balaban J connectivity index is 2.29. The first-order valence-corrected chi connectivity index (χ1v) is 8.03. The number of ether oxygens (including phenoxy) is 1. The van der Waals surface area contributed by atoms with Crippen LogP contribution in [0.15, 0.2) is 52.1 Å². The lowest BCUT2D eigenvalue weighted by Crippen LogP contribution is -2.16. The quantitative estimate of drug-likeness (QED) is 0.427. The Morgan fingerprint density at radius 1 is 0.955 bits per heavy atom. The Labute approximate surface area is 142 Å². The minimum atomic E-state index is -0.458. The van der Waals surface area contributed by atoms with Crippen LogP contribution >= 0.6 is 22.6 Å². The van der Waals surface area contributed by atoms with Crippen LogP contribution in [0.25, 0.3) is 16.7 Å². The molecule has 0 unspecified atom stereocenters. The van der Waals surface area contributed by atoms with E-state index in [1.807, 2.05) is 65.1 Å². The van der Waals surface area contributed by atoms with Crippen molar-refractivity contribution in [2.24, 2.45) is 0 Å². The van der Waals surface area contributed by atoms with E-state index in [2.05, 4.69) is 0 Å². The van der Waals surface area contributed by atoms with E-state index in [1.165, 1.54) is 0 Å². The van der Waals surface area contributed by atoms with Crippen LogP contribution in [0.3, 0.4) is 0 Å². The van der Waals surface area contributed by atoms with Gasteiger partial charge in [-0.3, -0.25) is 4.79 Å². The molecule has 0 N–H and O–H groups in total. The van der Waals surface area contributed by atoms with Gasteiger partial charge in [0.15, 0.2) is 5.78 Å². The summed E-state index contributed by atoms with van der Waals surface area (Å²) in [6.45, 7) is 2.03. The third kappa shape index (κ3) is 2.37. The van der Waals surface area contributed by atoms with Crippen molar-refractivity contribution in [2.45, 2.75) is 6.92 Å². The number of carbonyl (C=O) groups is 2. The Morgan fingerprint density at radius 2 is 1.45 bits per heavy atom. The van der Waals surface area contributed by atoms with Gasteiger partial charge in [0.2, 0.25) is 0 Å². The van der Waals surface area contributed by atoms with Gasteiger partial charge in [-0.25, -0.2) is 4.79 Å². The summed E-state index contributed by atoms with van der Waals surface area (Å²) in [4.78, 5) is 24.9. The van der Waals surface area contributed by atoms with Crippen molar-refractivity contribution in [2.75, 3.05) is 6.61 Å². The molecule has 0 aromatic heterocycles. The molecule has 0 saturated carbocycles. The van der Waals surface area contributed by atoms with Crippen LogP contribution in [0.4, 0.5) is 0 Å². The number of allylic oxidation sites excluding steroid dienone is 1. The number of benzene rings is 2. The maximum Gasteiger partial charge on any atom is 0.345 e. The molecular formula is C18H13IO3. The van der Waals surface area contributed by atoms with Gasteiger partial charge >= 0.3 is 5.97 Å². The molecule has 0 bridgehead atoms. The Hall–Kier alpha value is -1.95. The van der Waals surface area contributed by atoms with Crippen molar-refractivity contribution in [3.05, 3.63) is 63.2 Å². The molecule has 110 valence electrons. The number of halogens is 1. The summed E-state index contributed by atoms with van der Waals surface area (Å²) in [5.41, 5.74) is 3.69. The summed E-state index contributed by atoms with van der Waals surface area (Å²) in [6.07, 6.45) is 0. The number of esters is 1. The van der Waals surface area contributed by atoms with Crippen LogP contribution in [0.2, 0.25) is 0 Å². The molecule has 0 radical (unpaired) electrons. The van der Waals surface area contributed by atoms with Gasteiger partial charge in [0.25, 0.3) is 0 Å². The fourth-order valence-corrected chi connectivity index (χ4v) is 3.31. The number of hydrogen-bond acceptors (Lipinski definition) is 3. The zero-order valence-electron chi connectivity index (χ0n) is 11.9. The number of ketones is 1. The SMILES string of the molecule is CCOC(=O)/C(I)=C1/C(=O)c2ccccc2-c2ccccc21.